The van der Waals surface area contributed by atoms with Gasteiger partial charge in [0.25, 0.3) is 0 Å². The molecule has 0 bridgehead atoms. The third kappa shape index (κ3) is 2.93. The molecule has 1 N–H and O–H groups in total. The summed E-state index contributed by atoms with van der Waals surface area (Å²) in [5.41, 5.74) is 0. The fourth-order valence-electron chi connectivity index (χ4n) is 1.02. The van der Waals surface area contributed by atoms with Crippen LogP contribution >= 0.6 is 0 Å². The Morgan fingerprint density at radius 1 is 0.800 bits per heavy atom. The third-order valence-corrected chi connectivity index (χ3v) is 2.45. The Morgan fingerprint density at radius 3 is 1.40 bits per heavy atom. The van der Waals surface area contributed by atoms with E-state index in [0.717, 1.165) is 0 Å². The standard InChI is InChI=1S/C8H7F11O/c1-2(7(15,16)17)3(9)5(12,13)8(18,19)6(14,20)4(10)11/h2-4,20H,1H3. The zero-order chi connectivity index (χ0) is 16.7. The van der Waals surface area contributed by atoms with Crippen molar-refractivity contribution in [2.75, 3.05) is 0 Å². The van der Waals surface area contributed by atoms with Gasteiger partial charge in [0.15, 0.2) is 6.17 Å². The van der Waals surface area contributed by atoms with Gasteiger partial charge in [-0.25, -0.2) is 13.2 Å². The first-order valence-corrected chi connectivity index (χ1v) is 4.67. The number of hydrogen-bond acceptors (Lipinski definition) is 1. The van der Waals surface area contributed by atoms with Crippen molar-refractivity contribution in [3.05, 3.63) is 0 Å². The van der Waals surface area contributed by atoms with Crippen molar-refractivity contribution in [2.24, 2.45) is 5.92 Å². The lowest BCUT2D eigenvalue weighted by atomic mass is 9.92. The van der Waals surface area contributed by atoms with Gasteiger partial charge in [0.2, 0.25) is 0 Å². The molecule has 0 amide bonds. The second kappa shape index (κ2) is 5.19. The van der Waals surface area contributed by atoms with E-state index in [1.165, 1.54) is 0 Å². The fourth-order valence-corrected chi connectivity index (χ4v) is 1.02. The van der Waals surface area contributed by atoms with Crippen molar-refractivity contribution in [3.8, 4) is 0 Å². The molecule has 0 radical (unpaired) electrons. The van der Waals surface area contributed by atoms with Gasteiger partial charge < -0.3 is 5.11 Å². The number of halogens is 11. The van der Waals surface area contributed by atoms with E-state index < -0.39 is 42.4 Å². The molecule has 3 unspecified atom stereocenters. The van der Waals surface area contributed by atoms with Crippen molar-refractivity contribution in [3.63, 3.8) is 0 Å². The number of rotatable bonds is 5. The maximum atomic E-state index is 12.9. The molecule has 0 aromatic heterocycles. The number of aliphatic hydroxyl groups is 1. The summed E-state index contributed by atoms with van der Waals surface area (Å²) in [6.45, 7) is -0.270. The maximum absolute atomic E-state index is 12.9. The number of hydrogen-bond donors (Lipinski definition) is 1. The fraction of sp³-hybridized carbons (Fsp3) is 1.00. The molecule has 0 aliphatic heterocycles. The highest BCUT2D eigenvalue weighted by Gasteiger charge is 2.78. The molecule has 0 aliphatic carbocycles. The Morgan fingerprint density at radius 2 is 1.15 bits per heavy atom. The molecule has 3 atom stereocenters. The second-order valence-electron chi connectivity index (χ2n) is 3.90. The van der Waals surface area contributed by atoms with Crippen LogP contribution in [0.2, 0.25) is 0 Å². The first-order valence-electron chi connectivity index (χ1n) is 4.67. The van der Waals surface area contributed by atoms with Crippen molar-refractivity contribution in [1.29, 1.82) is 0 Å². The first-order chi connectivity index (χ1) is 8.51. The molecule has 0 rings (SSSR count). The van der Waals surface area contributed by atoms with Crippen molar-refractivity contribution in [2.45, 2.75) is 43.4 Å². The lowest BCUT2D eigenvalue weighted by Gasteiger charge is -2.37. The lowest BCUT2D eigenvalue weighted by Crippen LogP contribution is -2.64. The minimum atomic E-state index is -6.78. The molecule has 122 valence electrons. The highest BCUT2D eigenvalue weighted by Crippen LogP contribution is 2.51. The predicted molar refractivity (Wildman–Crippen MR) is 42.1 cm³/mol. The summed E-state index contributed by atoms with van der Waals surface area (Å²) in [5, 5.41) is 7.99. The Bertz CT molecular complexity index is 334. The van der Waals surface area contributed by atoms with Crippen LogP contribution in [-0.4, -0.2) is 41.6 Å². The van der Waals surface area contributed by atoms with E-state index in [0.29, 0.717) is 0 Å². The summed E-state index contributed by atoms with van der Waals surface area (Å²) in [6.07, 6.45) is -15.6. The first kappa shape index (κ1) is 19.2. The monoisotopic (exact) mass is 328 g/mol. The van der Waals surface area contributed by atoms with Crippen LogP contribution in [-0.2, 0) is 0 Å². The van der Waals surface area contributed by atoms with E-state index >= 15 is 0 Å². The molecule has 0 saturated carbocycles. The van der Waals surface area contributed by atoms with Gasteiger partial charge in [0, 0.05) is 0 Å². The van der Waals surface area contributed by atoms with E-state index in [1.54, 1.807) is 0 Å². The Hall–Kier alpha value is -0.810. The minimum Gasteiger partial charge on any atom is -0.353 e. The third-order valence-electron chi connectivity index (χ3n) is 2.45. The molecule has 0 saturated heterocycles. The molecule has 0 fully saturated rings. The van der Waals surface area contributed by atoms with Crippen molar-refractivity contribution in [1.82, 2.24) is 0 Å². The highest BCUT2D eigenvalue weighted by atomic mass is 19.4. The molecule has 0 aromatic rings. The molecule has 12 heteroatoms. The number of alkyl halides is 11. The highest BCUT2D eigenvalue weighted by molar-refractivity contribution is 5.02. The molecule has 0 aromatic carbocycles. The van der Waals surface area contributed by atoms with E-state index in [1.807, 2.05) is 0 Å². The van der Waals surface area contributed by atoms with E-state index in [-0.39, 0.29) is 6.92 Å². The average molecular weight is 328 g/mol. The molecular formula is C8H7F11O. The van der Waals surface area contributed by atoms with Crippen LogP contribution in [0.1, 0.15) is 6.92 Å². The zero-order valence-corrected chi connectivity index (χ0v) is 9.34. The lowest BCUT2D eigenvalue weighted by molar-refractivity contribution is -0.382. The van der Waals surface area contributed by atoms with Crippen LogP contribution in [0.4, 0.5) is 48.3 Å². The second-order valence-corrected chi connectivity index (χ2v) is 3.90. The summed E-state index contributed by atoms with van der Waals surface area (Å²) in [4.78, 5) is 0. The van der Waals surface area contributed by atoms with Gasteiger partial charge in [-0.3, -0.25) is 0 Å². The van der Waals surface area contributed by atoms with Crippen molar-refractivity contribution < 1.29 is 53.4 Å². The summed E-state index contributed by atoms with van der Waals surface area (Å²) in [6, 6.07) is 0. The van der Waals surface area contributed by atoms with E-state index in [2.05, 4.69) is 0 Å². The zero-order valence-electron chi connectivity index (χ0n) is 9.34. The summed E-state index contributed by atoms with van der Waals surface area (Å²) in [5.74, 6) is -23.2. The SMILES string of the molecule is CC(C(F)C(F)(F)C(F)(F)C(O)(F)C(F)F)C(F)(F)F. The van der Waals surface area contributed by atoms with Crippen LogP contribution in [0.3, 0.4) is 0 Å². The molecule has 0 spiro atoms. The van der Waals surface area contributed by atoms with Gasteiger partial charge in [-0.1, -0.05) is 6.92 Å². The molecule has 20 heavy (non-hydrogen) atoms. The van der Waals surface area contributed by atoms with Gasteiger partial charge in [0.05, 0.1) is 5.92 Å². The van der Waals surface area contributed by atoms with Gasteiger partial charge >= 0.3 is 30.3 Å². The van der Waals surface area contributed by atoms with Crippen LogP contribution in [0.5, 0.6) is 0 Å². The summed E-state index contributed by atoms with van der Waals surface area (Å²) in [7, 11) is 0. The van der Waals surface area contributed by atoms with Crippen LogP contribution < -0.4 is 0 Å². The largest absolute Gasteiger partial charge is 0.394 e. The van der Waals surface area contributed by atoms with Crippen molar-refractivity contribution >= 4 is 0 Å². The summed E-state index contributed by atoms with van der Waals surface area (Å²) >= 11 is 0. The van der Waals surface area contributed by atoms with Gasteiger partial charge in [-0.15, -0.1) is 0 Å². The molecule has 0 heterocycles. The van der Waals surface area contributed by atoms with Gasteiger partial charge in [-0.2, -0.15) is 35.1 Å². The molecule has 1 nitrogen and oxygen atoms in total. The van der Waals surface area contributed by atoms with E-state index in [9.17, 15) is 48.3 Å². The van der Waals surface area contributed by atoms with Crippen LogP contribution in [0.15, 0.2) is 0 Å². The van der Waals surface area contributed by atoms with Crippen LogP contribution in [0, 0.1) is 5.92 Å². The predicted octanol–water partition coefficient (Wildman–Crippen LogP) is 3.72. The maximum Gasteiger partial charge on any atom is 0.394 e. The quantitative estimate of drug-likeness (QED) is 0.763. The topological polar surface area (TPSA) is 20.2 Å². The average Bonchev–Trinajstić information content (AvgIpc) is 2.24. The Kier molecular flexibility index (Phi) is 4.98. The Balaban J connectivity index is 5.62. The smallest absolute Gasteiger partial charge is 0.353 e. The van der Waals surface area contributed by atoms with E-state index in [4.69, 9.17) is 5.11 Å². The Labute approximate surface area is 104 Å². The molecule has 0 aliphatic rings. The van der Waals surface area contributed by atoms with Gasteiger partial charge in [-0.05, 0) is 0 Å². The van der Waals surface area contributed by atoms with Crippen LogP contribution in [0.25, 0.3) is 0 Å². The molecular weight excluding hydrogens is 321 g/mol. The normalized spacial score (nSPS) is 20.7. The minimum absolute atomic E-state index is 0.270. The summed E-state index contributed by atoms with van der Waals surface area (Å²) < 4.78 is 136. The van der Waals surface area contributed by atoms with Gasteiger partial charge in [0.1, 0.15) is 0 Å².